The zero-order valence-corrected chi connectivity index (χ0v) is 12.2. The maximum Gasteiger partial charge on any atom is 0.168 e. The Morgan fingerprint density at radius 3 is 2.20 bits per heavy atom. The quantitative estimate of drug-likeness (QED) is 0.802. The molecule has 2 rings (SSSR count). The summed E-state index contributed by atoms with van der Waals surface area (Å²) in [5.41, 5.74) is 3.99. The van der Waals surface area contributed by atoms with E-state index in [9.17, 15) is 4.79 Å². The number of ether oxygens (including phenoxy) is 1. The summed E-state index contributed by atoms with van der Waals surface area (Å²) in [7, 11) is 1.60. The minimum atomic E-state index is 0.0355. The second kappa shape index (κ2) is 5.82. The summed E-state index contributed by atoms with van der Waals surface area (Å²) < 4.78 is 5.08. The monoisotopic (exact) mass is 270 g/mol. The molecule has 0 saturated heterocycles. The van der Waals surface area contributed by atoms with Crippen molar-refractivity contribution >= 4 is 5.78 Å². The minimum absolute atomic E-state index is 0.0355. The zero-order valence-electron chi connectivity index (χ0n) is 12.2. The van der Waals surface area contributed by atoms with Gasteiger partial charge in [-0.2, -0.15) is 0 Å². The number of nitrogens with zero attached hydrogens (tertiary/aromatic N) is 2. The minimum Gasteiger partial charge on any atom is -0.497 e. The van der Waals surface area contributed by atoms with E-state index < -0.39 is 0 Å². The van der Waals surface area contributed by atoms with Crippen LogP contribution in [0.1, 0.15) is 33.1 Å². The van der Waals surface area contributed by atoms with E-state index >= 15 is 0 Å². The van der Waals surface area contributed by atoms with E-state index in [0.29, 0.717) is 5.56 Å². The first-order valence-corrected chi connectivity index (χ1v) is 6.49. The van der Waals surface area contributed by atoms with E-state index in [4.69, 9.17) is 4.74 Å². The number of aryl methyl sites for hydroxylation is 3. The van der Waals surface area contributed by atoms with Gasteiger partial charge < -0.3 is 4.74 Å². The molecule has 0 bridgehead atoms. The van der Waals surface area contributed by atoms with Gasteiger partial charge in [-0.1, -0.05) is 0 Å². The van der Waals surface area contributed by atoms with E-state index in [1.54, 1.807) is 31.4 Å². The van der Waals surface area contributed by atoms with Gasteiger partial charge in [-0.15, -0.1) is 0 Å². The van der Waals surface area contributed by atoms with Crippen molar-refractivity contribution in [1.82, 2.24) is 9.97 Å². The van der Waals surface area contributed by atoms with E-state index in [0.717, 1.165) is 28.5 Å². The summed E-state index contributed by atoms with van der Waals surface area (Å²) in [6.07, 6.45) is 0.270. The first-order chi connectivity index (χ1) is 9.51. The first-order valence-electron chi connectivity index (χ1n) is 6.49. The maximum absolute atomic E-state index is 12.3. The first kappa shape index (κ1) is 14.2. The number of Topliss-reactive ketones (excluding diaryl/α,β-unsaturated/α-hetero) is 1. The van der Waals surface area contributed by atoms with Gasteiger partial charge in [0, 0.05) is 5.56 Å². The molecule has 0 atom stereocenters. The molecular weight excluding hydrogens is 252 g/mol. The van der Waals surface area contributed by atoms with Gasteiger partial charge in [0.05, 0.1) is 36.3 Å². The second-order valence-electron chi connectivity index (χ2n) is 4.75. The van der Waals surface area contributed by atoms with Crippen LogP contribution >= 0.6 is 0 Å². The van der Waals surface area contributed by atoms with Gasteiger partial charge in [0.15, 0.2) is 5.78 Å². The molecule has 1 heterocycles. The lowest BCUT2D eigenvalue weighted by atomic mass is 10.1. The standard InChI is InChI=1S/C16H18N2O2/c1-10-11(2)18-15(12(3)17-10)9-16(19)13-5-7-14(20-4)8-6-13/h5-8H,9H2,1-4H3. The molecule has 0 unspecified atom stereocenters. The van der Waals surface area contributed by atoms with Crippen LogP contribution in [0.3, 0.4) is 0 Å². The third-order valence-electron chi connectivity index (χ3n) is 3.32. The maximum atomic E-state index is 12.3. The lowest BCUT2D eigenvalue weighted by Crippen LogP contribution is -2.09. The second-order valence-corrected chi connectivity index (χ2v) is 4.75. The van der Waals surface area contributed by atoms with Gasteiger partial charge in [-0.25, -0.2) is 0 Å². The molecule has 104 valence electrons. The summed E-state index contributed by atoms with van der Waals surface area (Å²) in [6, 6.07) is 7.11. The van der Waals surface area contributed by atoms with Crippen molar-refractivity contribution < 1.29 is 9.53 Å². The third kappa shape index (κ3) is 3.02. The highest BCUT2D eigenvalue weighted by Gasteiger charge is 2.12. The predicted molar refractivity (Wildman–Crippen MR) is 77.3 cm³/mol. The Morgan fingerprint density at radius 1 is 1.00 bits per heavy atom. The average Bonchev–Trinajstić information content (AvgIpc) is 2.44. The molecule has 1 aromatic carbocycles. The van der Waals surface area contributed by atoms with Crippen LogP contribution < -0.4 is 4.74 Å². The number of rotatable bonds is 4. The van der Waals surface area contributed by atoms with Gasteiger partial charge in [0.1, 0.15) is 5.75 Å². The summed E-state index contributed by atoms with van der Waals surface area (Å²) in [6.45, 7) is 5.71. The van der Waals surface area contributed by atoms with Crippen molar-refractivity contribution in [2.75, 3.05) is 7.11 Å². The number of aromatic nitrogens is 2. The SMILES string of the molecule is COc1ccc(C(=O)Cc2nc(C)c(C)nc2C)cc1. The molecule has 20 heavy (non-hydrogen) atoms. The van der Waals surface area contributed by atoms with Crippen LogP contribution in [0.5, 0.6) is 5.75 Å². The summed E-state index contributed by atoms with van der Waals surface area (Å²) >= 11 is 0. The lowest BCUT2D eigenvalue weighted by molar-refractivity contribution is 0.0991. The molecular formula is C16H18N2O2. The fourth-order valence-corrected chi connectivity index (χ4v) is 1.96. The number of benzene rings is 1. The van der Waals surface area contributed by atoms with Crippen LogP contribution in [0.25, 0.3) is 0 Å². The van der Waals surface area contributed by atoms with Crippen LogP contribution in [-0.4, -0.2) is 22.9 Å². The van der Waals surface area contributed by atoms with Gasteiger partial charge in [0.25, 0.3) is 0 Å². The Bertz CT molecular complexity index is 634. The van der Waals surface area contributed by atoms with Gasteiger partial charge >= 0.3 is 0 Å². The number of ketones is 1. The molecule has 4 nitrogen and oxygen atoms in total. The number of methoxy groups -OCH3 is 1. The third-order valence-corrected chi connectivity index (χ3v) is 3.32. The molecule has 0 saturated carbocycles. The highest BCUT2D eigenvalue weighted by atomic mass is 16.5. The van der Waals surface area contributed by atoms with Crippen LogP contribution in [0.15, 0.2) is 24.3 Å². The van der Waals surface area contributed by atoms with Gasteiger partial charge in [-0.3, -0.25) is 14.8 Å². The number of carbonyl (C=O) groups is 1. The van der Waals surface area contributed by atoms with Crippen molar-refractivity contribution in [2.45, 2.75) is 27.2 Å². The number of carbonyl (C=O) groups excluding carboxylic acids is 1. The Kier molecular flexibility index (Phi) is 4.13. The fraction of sp³-hybridized carbons (Fsp3) is 0.312. The van der Waals surface area contributed by atoms with Crippen molar-refractivity contribution in [3.8, 4) is 5.75 Å². The van der Waals surface area contributed by atoms with Gasteiger partial charge in [-0.05, 0) is 45.0 Å². The zero-order chi connectivity index (χ0) is 14.7. The van der Waals surface area contributed by atoms with Crippen molar-refractivity contribution in [2.24, 2.45) is 0 Å². The molecule has 0 aliphatic heterocycles. The van der Waals surface area contributed by atoms with E-state index in [-0.39, 0.29) is 12.2 Å². The Balaban J connectivity index is 2.20. The Hall–Kier alpha value is -2.23. The van der Waals surface area contributed by atoms with E-state index in [2.05, 4.69) is 9.97 Å². The number of hydrogen-bond donors (Lipinski definition) is 0. The molecule has 0 N–H and O–H groups in total. The van der Waals surface area contributed by atoms with Crippen molar-refractivity contribution in [3.63, 3.8) is 0 Å². The average molecular weight is 270 g/mol. The van der Waals surface area contributed by atoms with Crippen LogP contribution in [0.2, 0.25) is 0 Å². The topological polar surface area (TPSA) is 52.1 Å². The molecule has 0 amide bonds. The molecule has 0 spiro atoms. The molecule has 0 radical (unpaired) electrons. The molecule has 0 aliphatic carbocycles. The molecule has 0 fully saturated rings. The van der Waals surface area contributed by atoms with Gasteiger partial charge in [0.2, 0.25) is 0 Å². The molecule has 4 heteroatoms. The number of hydrogen-bond acceptors (Lipinski definition) is 4. The highest BCUT2D eigenvalue weighted by Crippen LogP contribution is 2.14. The molecule has 0 aliphatic rings. The Morgan fingerprint density at radius 2 is 1.60 bits per heavy atom. The molecule has 1 aromatic heterocycles. The van der Waals surface area contributed by atoms with E-state index in [1.165, 1.54) is 0 Å². The van der Waals surface area contributed by atoms with Crippen LogP contribution in [0.4, 0.5) is 0 Å². The van der Waals surface area contributed by atoms with Crippen molar-refractivity contribution in [1.29, 1.82) is 0 Å². The summed E-state index contributed by atoms with van der Waals surface area (Å²) in [4.78, 5) is 21.1. The summed E-state index contributed by atoms with van der Waals surface area (Å²) in [5, 5.41) is 0. The van der Waals surface area contributed by atoms with Crippen molar-refractivity contribution in [3.05, 3.63) is 52.6 Å². The van der Waals surface area contributed by atoms with Crippen LogP contribution in [-0.2, 0) is 6.42 Å². The van der Waals surface area contributed by atoms with E-state index in [1.807, 2.05) is 20.8 Å². The highest BCUT2D eigenvalue weighted by molar-refractivity contribution is 5.97. The normalized spacial score (nSPS) is 10.4. The van der Waals surface area contributed by atoms with Crippen LogP contribution in [0, 0.1) is 20.8 Å². The summed E-state index contributed by atoms with van der Waals surface area (Å²) in [5.74, 6) is 0.775. The molecule has 2 aromatic rings. The Labute approximate surface area is 118 Å². The predicted octanol–water partition coefficient (Wildman–Crippen LogP) is 2.84. The fourth-order valence-electron chi connectivity index (χ4n) is 1.96. The smallest absolute Gasteiger partial charge is 0.168 e. The lowest BCUT2D eigenvalue weighted by Gasteiger charge is -2.08. The largest absolute Gasteiger partial charge is 0.497 e.